The summed E-state index contributed by atoms with van der Waals surface area (Å²) in [5.74, 6) is -1.75. The van der Waals surface area contributed by atoms with Crippen molar-refractivity contribution in [3.63, 3.8) is 0 Å². The zero-order valence-electron chi connectivity index (χ0n) is 17.4. The molecule has 5 aromatic rings. The molecule has 0 aliphatic carbocycles. The summed E-state index contributed by atoms with van der Waals surface area (Å²) in [4.78, 5) is 17.2. The minimum absolute atomic E-state index is 0.209. The first-order valence-electron chi connectivity index (χ1n) is 10.2. The summed E-state index contributed by atoms with van der Waals surface area (Å²) < 4.78 is 30.7. The van der Waals surface area contributed by atoms with Gasteiger partial charge >= 0.3 is 0 Å². The molecule has 0 saturated heterocycles. The smallest absolute Gasteiger partial charge is 0.277 e. The first-order chi connectivity index (χ1) is 15.9. The van der Waals surface area contributed by atoms with E-state index in [1.54, 1.807) is 12.1 Å². The third-order valence-electron chi connectivity index (χ3n) is 5.91. The maximum absolute atomic E-state index is 14.8. The average molecular weight is 448 g/mol. The highest BCUT2D eigenvalue weighted by atomic mass is 19.1. The van der Waals surface area contributed by atoms with E-state index >= 15 is 0 Å². The van der Waals surface area contributed by atoms with E-state index in [4.69, 9.17) is 0 Å². The van der Waals surface area contributed by atoms with Crippen molar-refractivity contribution in [2.45, 2.75) is 25.1 Å². The van der Waals surface area contributed by atoms with Crippen molar-refractivity contribution < 1.29 is 13.9 Å². The lowest BCUT2D eigenvalue weighted by atomic mass is 9.86. The summed E-state index contributed by atoms with van der Waals surface area (Å²) >= 11 is 0. The van der Waals surface area contributed by atoms with Crippen LogP contribution in [0, 0.1) is 11.6 Å². The number of nitrogens with zero attached hydrogens (tertiary/aromatic N) is 6. The second kappa shape index (κ2) is 7.82. The number of aliphatic hydroxyl groups is 1. The molecule has 3 aromatic carbocycles. The van der Waals surface area contributed by atoms with Crippen molar-refractivity contribution >= 4 is 21.7 Å². The standard InChI is InChI=1S/C23H18F2N6O2/c1-14(23(33,11-30-13-26-12-27-30)19-9-7-16(24)10-20(19)25)31-22(32)18-8-6-15-4-2-3-5-17(15)21(18)28-29-31/h2-10,12-14,33H,11H2,1H3/t14-,23-/m1/s1. The highest BCUT2D eigenvalue weighted by Crippen LogP contribution is 2.36. The van der Waals surface area contributed by atoms with E-state index in [-0.39, 0.29) is 12.1 Å². The molecule has 0 amide bonds. The van der Waals surface area contributed by atoms with Gasteiger partial charge in [-0.1, -0.05) is 41.6 Å². The van der Waals surface area contributed by atoms with Gasteiger partial charge in [0.1, 0.15) is 35.4 Å². The molecule has 2 aromatic heterocycles. The summed E-state index contributed by atoms with van der Waals surface area (Å²) in [7, 11) is 0. The molecule has 33 heavy (non-hydrogen) atoms. The van der Waals surface area contributed by atoms with E-state index in [0.29, 0.717) is 17.0 Å². The van der Waals surface area contributed by atoms with Gasteiger partial charge in [-0.15, -0.1) is 5.10 Å². The van der Waals surface area contributed by atoms with Crippen molar-refractivity contribution in [3.8, 4) is 0 Å². The van der Waals surface area contributed by atoms with Gasteiger partial charge in [-0.3, -0.25) is 4.79 Å². The summed E-state index contributed by atoms with van der Waals surface area (Å²) in [6, 6.07) is 12.7. The van der Waals surface area contributed by atoms with Crippen LogP contribution in [0.15, 0.2) is 72.0 Å². The fourth-order valence-corrected chi connectivity index (χ4v) is 4.09. The van der Waals surface area contributed by atoms with Gasteiger partial charge in [0, 0.05) is 17.0 Å². The third-order valence-corrected chi connectivity index (χ3v) is 5.91. The summed E-state index contributed by atoms with van der Waals surface area (Å²) in [5.41, 5.74) is -2.32. The SMILES string of the molecule is C[C@@H](n1nnc2c(ccc3ccccc32)c1=O)[C@](O)(Cn1cncn1)c1ccc(F)cc1F. The minimum Gasteiger partial charge on any atom is -0.381 e. The molecule has 8 nitrogen and oxygen atoms in total. The molecule has 166 valence electrons. The first-order valence-corrected chi connectivity index (χ1v) is 10.2. The van der Waals surface area contributed by atoms with Crippen molar-refractivity contribution in [3.05, 3.63) is 94.8 Å². The molecule has 2 atom stereocenters. The van der Waals surface area contributed by atoms with E-state index in [0.717, 1.165) is 27.6 Å². The molecule has 5 rings (SSSR count). The van der Waals surface area contributed by atoms with E-state index in [9.17, 15) is 18.7 Å². The fourth-order valence-electron chi connectivity index (χ4n) is 4.09. The van der Waals surface area contributed by atoms with Crippen LogP contribution in [-0.4, -0.2) is 34.9 Å². The third kappa shape index (κ3) is 3.44. The first kappa shape index (κ1) is 20.8. The summed E-state index contributed by atoms with van der Waals surface area (Å²) in [6.07, 6.45) is 2.61. The number of aromatic nitrogens is 6. The Bertz CT molecular complexity index is 1540. The lowest BCUT2D eigenvalue weighted by Gasteiger charge is -2.34. The van der Waals surface area contributed by atoms with Crippen LogP contribution in [0.5, 0.6) is 0 Å². The predicted molar refractivity (Wildman–Crippen MR) is 116 cm³/mol. The van der Waals surface area contributed by atoms with Crippen molar-refractivity contribution in [2.75, 3.05) is 0 Å². The number of hydrogen-bond donors (Lipinski definition) is 1. The quantitative estimate of drug-likeness (QED) is 0.415. The lowest BCUT2D eigenvalue weighted by molar-refractivity contribution is -0.0390. The van der Waals surface area contributed by atoms with Crippen LogP contribution in [0.25, 0.3) is 21.7 Å². The monoisotopic (exact) mass is 448 g/mol. The van der Waals surface area contributed by atoms with Crippen LogP contribution in [0.3, 0.4) is 0 Å². The Morgan fingerprint density at radius 3 is 2.67 bits per heavy atom. The highest BCUT2D eigenvalue weighted by Gasteiger charge is 2.41. The van der Waals surface area contributed by atoms with Gasteiger partial charge in [-0.2, -0.15) is 5.10 Å². The lowest BCUT2D eigenvalue weighted by Crippen LogP contribution is -2.44. The maximum atomic E-state index is 14.8. The van der Waals surface area contributed by atoms with Gasteiger partial charge in [0.25, 0.3) is 5.56 Å². The second-order valence-electron chi connectivity index (χ2n) is 7.84. The fraction of sp³-hybridized carbons (Fsp3) is 0.174. The molecule has 0 saturated carbocycles. The molecule has 0 spiro atoms. The normalized spacial score (nSPS) is 14.4. The maximum Gasteiger partial charge on any atom is 0.277 e. The predicted octanol–water partition coefficient (Wildman–Crippen LogP) is 2.96. The molecule has 0 bridgehead atoms. The molecule has 0 aliphatic rings. The van der Waals surface area contributed by atoms with Crippen LogP contribution in [0.1, 0.15) is 18.5 Å². The van der Waals surface area contributed by atoms with Crippen LogP contribution < -0.4 is 5.56 Å². The largest absolute Gasteiger partial charge is 0.381 e. The highest BCUT2D eigenvalue weighted by molar-refractivity contribution is 6.04. The van der Waals surface area contributed by atoms with Crippen LogP contribution >= 0.6 is 0 Å². The Labute approximate surface area is 185 Å². The van der Waals surface area contributed by atoms with Gasteiger partial charge in [-0.05, 0) is 24.4 Å². The van der Waals surface area contributed by atoms with Crippen LogP contribution in [-0.2, 0) is 12.1 Å². The summed E-state index contributed by atoms with van der Waals surface area (Å²) in [5, 5.41) is 26.0. The molecule has 2 heterocycles. The van der Waals surface area contributed by atoms with Crippen molar-refractivity contribution in [1.29, 1.82) is 0 Å². The van der Waals surface area contributed by atoms with Crippen LogP contribution in [0.2, 0.25) is 0 Å². The summed E-state index contributed by atoms with van der Waals surface area (Å²) in [6.45, 7) is 1.25. The number of rotatable bonds is 5. The van der Waals surface area contributed by atoms with Gasteiger partial charge in [0.15, 0.2) is 0 Å². The Hall–Kier alpha value is -4.05. The van der Waals surface area contributed by atoms with E-state index < -0.39 is 28.8 Å². The topological polar surface area (TPSA) is 98.7 Å². The second-order valence-corrected chi connectivity index (χ2v) is 7.84. The van der Waals surface area contributed by atoms with Gasteiger partial charge in [-0.25, -0.2) is 23.1 Å². The van der Waals surface area contributed by atoms with Crippen LogP contribution in [0.4, 0.5) is 8.78 Å². The van der Waals surface area contributed by atoms with Crippen molar-refractivity contribution in [2.24, 2.45) is 0 Å². The molecular weight excluding hydrogens is 430 g/mol. The molecule has 0 aliphatic heterocycles. The van der Waals surface area contributed by atoms with Gasteiger partial charge < -0.3 is 5.11 Å². The average Bonchev–Trinajstić information content (AvgIpc) is 3.31. The van der Waals surface area contributed by atoms with Crippen molar-refractivity contribution in [1.82, 2.24) is 29.8 Å². The zero-order chi connectivity index (χ0) is 23.2. The zero-order valence-corrected chi connectivity index (χ0v) is 17.4. The number of benzene rings is 3. The minimum atomic E-state index is -2.03. The molecule has 1 N–H and O–H groups in total. The van der Waals surface area contributed by atoms with Gasteiger partial charge in [0.2, 0.25) is 0 Å². The molecule has 0 unspecified atom stereocenters. The Kier molecular flexibility index (Phi) is 4.94. The molecule has 0 fully saturated rings. The Balaban J connectivity index is 1.69. The van der Waals surface area contributed by atoms with E-state index in [2.05, 4.69) is 20.4 Å². The molecular formula is C23H18F2N6O2. The number of fused-ring (bicyclic) bond motifs is 3. The Morgan fingerprint density at radius 1 is 1.09 bits per heavy atom. The number of hydrogen-bond acceptors (Lipinski definition) is 6. The number of halogens is 2. The Morgan fingerprint density at radius 2 is 1.91 bits per heavy atom. The van der Waals surface area contributed by atoms with Gasteiger partial charge in [0.05, 0.1) is 18.0 Å². The van der Waals surface area contributed by atoms with E-state index in [1.165, 1.54) is 24.3 Å². The molecule has 0 radical (unpaired) electrons. The molecule has 10 heteroatoms. The van der Waals surface area contributed by atoms with E-state index in [1.807, 2.05) is 24.3 Å².